The van der Waals surface area contributed by atoms with Gasteiger partial charge in [0.15, 0.2) is 0 Å². The van der Waals surface area contributed by atoms with Gasteiger partial charge in [0.2, 0.25) is 0 Å². The van der Waals surface area contributed by atoms with E-state index in [0.29, 0.717) is 23.1 Å². The Morgan fingerprint density at radius 3 is 2.14 bits per heavy atom. The average Bonchev–Trinajstić information content (AvgIpc) is 2.68. The maximum absolute atomic E-state index is 13.1. The number of nitrogens with one attached hydrogen (secondary N) is 2. The molecule has 0 radical (unpaired) electrons. The summed E-state index contributed by atoms with van der Waals surface area (Å²) in [5.41, 5.74) is 1.60. The van der Waals surface area contributed by atoms with Gasteiger partial charge in [0.25, 0.3) is 0 Å². The Labute approximate surface area is 166 Å². The van der Waals surface area contributed by atoms with Crippen molar-refractivity contribution in [3.63, 3.8) is 0 Å². The van der Waals surface area contributed by atoms with Crippen molar-refractivity contribution in [1.82, 2.24) is 0 Å². The third kappa shape index (κ3) is 5.56. The Hall–Kier alpha value is -3.38. The second-order valence-corrected chi connectivity index (χ2v) is 6.29. The number of benzene rings is 3. The van der Waals surface area contributed by atoms with Crippen molar-refractivity contribution in [2.45, 2.75) is 6.61 Å². The molecule has 0 bridgehead atoms. The fraction of sp³-hybridized carbons (Fsp3) is 0.0476. The monoisotopic (exact) mass is 398 g/mol. The Kier molecular flexibility index (Phi) is 6.24. The van der Waals surface area contributed by atoms with Gasteiger partial charge in [-0.15, -0.1) is 0 Å². The van der Waals surface area contributed by atoms with Crippen LogP contribution in [0.25, 0.3) is 0 Å². The van der Waals surface area contributed by atoms with Gasteiger partial charge in [-0.1, -0.05) is 29.8 Å². The number of anilines is 2. The summed E-state index contributed by atoms with van der Waals surface area (Å²) in [6, 6.07) is 19.2. The standard InChI is InChI=1S/C21H16ClFN2O3/c22-15-6-4-14(5-7-15)13-28-19-10-8-17(9-11-19)24-20(26)21(27)25-18-3-1-2-16(23)12-18/h1-12H,13H2,(H,24,26)(H,25,27). The van der Waals surface area contributed by atoms with E-state index >= 15 is 0 Å². The van der Waals surface area contributed by atoms with Gasteiger partial charge in [0, 0.05) is 16.4 Å². The maximum atomic E-state index is 13.1. The highest BCUT2D eigenvalue weighted by Crippen LogP contribution is 2.18. The van der Waals surface area contributed by atoms with Crippen LogP contribution in [0.1, 0.15) is 5.56 Å². The normalized spacial score (nSPS) is 10.2. The lowest BCUT2D eigenvalue weighted by Gasteiger charge is -2.09. The zero-order valence-electron chi connectivity index (χ0n) is 14.6. The maximum Gasteiger partial charge on any atom is 0.314 e. The van der Waals surface area contributed by atoms with Crippen LogP contribution >= 0.6 is 11.6 Å². The van der Waals surface area contributed by atoms with Crippen molar-refractivity contribution in [2.24, 2.45) is 0 Å². The molecule has 2 amide bonds. The van der Waals surface area contributed by atoms with Gasteiger partial charge in [-0.05, 0) is 60.2 Å². The molecule has 7 heteroatoms. The molecule has 3 rings (SSSR count). The topological polar surface area (TPSA) is 67.4 Å². The van der Waals surface area contributed by atoms with Crippen LogP contribution < -0.4 is 15.4 Å². The number of halogens is 2. The molecule has 0 aromatic heterocycles. The first-order chi connectivity index (χ1) is 13.5. The van der Waals surface area contributed by atoms with E-state index in [2.05, 4.69) is 10.6 Å². The highest BCUT2D eigenvalue weighted by molar-refractivity contribution is 6.43. The molecule has 0 aliphatic heterocycles. The lowest BCUT2D eigenvalue weighted by Crippen LogP contribution is -2.29. The summed E-state index contributed by atoms with van der Waals surface area (Å²) in [7, 11) is 0. The summed E-state index contributed by atoms with van der Waals surface area (Å²) in [6.07, 6.45) is 0. The van der Waals surface area contributed by atoms with Gasteiger partial charge < -0.3 is 15.4 Å². The van der Waals surface area contributed by atoms with Gasteiger partial charge in [0.1, 0.15) is 18.2 Å². The zero-order valence-corrected chi connectivity index (χ0v) is 15.4. The van der Waals surface area contributed by atoms with E-state index in [-0.39, 0.29) is 5.69 Å². The van der Waals surface area contributed by atoms with Gasteiger partial charge in [-0.3, -0.25) is 9.59 Å². The number of carbonyl (C=O) groups excluding carboxylic acids is 2. The summed E-state index contributed by atoms with van der Waals surface area (Å²) >= 11 is 5.84. The Morgan fingerprint density at radius 1 is 0.857 bits per heavy atom. The average molecular weight is 399 g/mol. The van der Waals surface area contributed by atoms with E-state index < -0.39 is 17.6 Å². The number of rotatable bonds is 5. The minimum absolute atomic E-state index is 0.200. The third-order valence-corrected chi connectivity index (χ3v) is 3.97. The van der Waals surface area contributed by atoms with Crippen LogP contribution in [-0.2, 0) is 16.2 Å². The minimum atomic E-state index is -0.895. The second kappa shape index (κ2) is 9.01. The van der Waals surface area contributed by atoms with Crippen molar-refractivity contribution < 1.29 is 18.7 Å². The first-order valence-electron chi connectivity index (χ1n) is 8.35. The molecule has 0 fully saturated rings. The van der Waals surface area contributed by atoms with Gasteiger partial charge >= 0.3 is 11.8 Å². The molecular weight excluding hydrogens is 383 g/mol. The molecule has 0 unspecified atom stereocenters. The number of amides is 2. The number of hydrogen-bond acceptors (Lipinski definition) is 3. The molecule has 0 heterocycles. The smallest absolute Gasteiger partial charge is 0.314 e. The Balaban J connectivity index is 1.52. The molecule has 0 saturated carbocycles. The second-order valence-electron chi connectivity index (χ2n) is 5.86. The Morgan fingerprint density at radius 2 is 1.50 bits per heavy atom. The third-order valence-electron chi connectivity index (χ3n) is 3.72. The summed E-state index contributed by atoms with van der Waals surface area (Å²) in [5.74, 6) is -1.66. The quantitative estimate of drug-likeness (QED) is 0.615. The highest BCUT2D eigenvalue weighted by atomic mass is 35.5. The summed E-state index contributed by atoms with van der Waals surface area (Å²) < 4.78 is 18.8. The molecule has 0 spiro atoms. The van der Waals surface area contributed by atoms with E-state index in [0.717, 1.165) is 11.6 Å². The fourth-order valence-corrected chi connectivity index (χ4v) is 2.45. The van der Waals surface area contributed by atoms with E-state index in [1.807, 2.05) is 12.1 Å². The molecule has 5 nitrogen and oxygen atoms in total. The van der Waals surface area contributed by atoms with Crippen LogP contribution in [0.3, 0.4) is 0 Å². The van der Waals surface area contributed by atoms with Crippen LogP contribution in [0, 0.1) is 5.82 Å². The van der Waals surface area contributed by atoms with Crippen molar-refractivity contribution in [1.29, 1.82) is 0 Å². The van der Waals surface area contributed by atoms with Crippen molar-refractivity contribution in [3.05, 3.63) is 89.2 Å². The predicted molar refractivity (Wildman–Crippen MR) is 106 cm³/mol. The predicted octanol–water partition coefficient (Wildman–Crippen LogP) is 4.64. The summed E-state index contributed by atoms with van der Waals surface area (Å²) in [5, 5.41) is 5.46. The van der Waals surface area contributed by atoms with E-state index in [1.165, 1.54) is 18.2 Å². The van der Waals surface area contributed by atoms with Crippen LogP contribution in [0.15, 0.2) is 72.8 Å². The van der Waals surface area contributed by atoms with Crippen LogP contribution in [-0.4, -0.2) is 11.8 Å². The molecule has 3 aromatic carbocycles. The molecule has 2 N–H and O–H groups in total. The minimum Gasteiger partial charge on any atom is -0.489 e. The molecule has 28 heavy (non-hydrogen) atoms. The van der Waals surface area contributed by atoms with Crippen LogP contribution in [0.5, 0.6) is 5.75 Å². The van der Waals surface area contributed by atoms with Crippen molar-refractivity contribution in [2.75, 3.05) is 10.6 Å². The lowest BCUT2D eigenvalue weighted by atomic mass is 10.2. The number of ether oxygens (including phenoxy) is 1. The number of carbonyl (C=O) groups is 2. The summed E-state index contributed by atoms with van der Waals surface area (Å²) in [4.78, 5) is 23.9. The number of hydrogen-bond donors (Lipinski definition) is 2. The zero-order chi connectivity index (χ0) is 19.9. The van der Waals surface area contributed by atoms with E-state index in [9.17, 15) is 14.0 Å². The summed E-state index contributed by atoms with van der Waals surface area (Å²) in [6.45, 7) is 0.374. The van der Waals surface area contributed by atoms with Gasteiger partial charge in [-0.2, -0.15) is 0 Å². The van der Waals surface area contributed by atoms with E-state index in [4.69, 9.17) is 16.3 Å². The first-order valence-corrected chi connectivity index (χ1v) is 8.72. The molecule has 3 aromatic rings. The molecule has 0 aliphatic rings. The van der Waals surface area contributed by atoms with Crippen LogP contribution in [0.4, 0.5) is 15.8 Å². The molecule has 142 valence electrons. The molecule has 0 saturated heterocycles. The SMILES string of the molecule is O=C(Nc1ccc(OCc2ccc(Cl)cc2)cc1)C(=O)Nc1cccc(F)c1. The molecule has 0 aliphatic carbocycles. The largest absolute Gasteiger partial charge is 0.489 e. The van der Waals surface area contributed by atoms with Crippen molar-refractivity contribution >= 4 is 34.8 Å². The highest BCUT2D eigenvalue weighted by Gasteiger charge is 2.14. The fourth-order valence-electron chi connectivity index (χ4n) is 2.32. The first kappa shape index (κ1) is 19.4. The lowest BCUT2D eigenvalue weighted by molar-refractivity contribution is -0.133. The van der Waals surface area contributed by atoms with Gasteiger partial charge in [0.05, 0.1) is 0 Å². The molecular formula is C21H16ClFN2O3. The van der Waals surface area contributed by atoms with Crippen LogP contribution in [0.2, 0.25) is 5.02 Å². The molecule has 0 atom stereocenters. The Bertz CT molecular complexity index is 976. The van der Waals surface area contributed by atoms with E-state index in [1.54, 1.807) is 36.4 Å². The van der Waals surface area contributed by atoms with Crippen molar-refractivity contribution in [3.8, 4) is 5.75 Å². The van der Waals surface area contributed by atoms with Gasteiger partial charge in [-0.25, -0.2) is 4.39 Å².